The maximum Gasteiger partial charge on any atom is 0.408 e. The quantitative estimate of drug-likeness (QED) is 0.144. The fourth-order valence-electron chi connectivity index (χ4n) is 6.61. The maximum atomic E-state index is 14.3. The normalized spacial score (nSPS) is 16.0. The molecule has 5 rings (SSSR count). The number of amides is 1. The number of benzene rings is 2. The molecule has 51 heavy (non-hydrogen) atoms. The summed E-state index contributed by atoms with van der Waals surface area (Å²) in [6.07, 6.45) is -2.80. The van der Waals surface area contributed by atoms with Crippen LogP contribution < -0.4 is 10.2 Å². The van der Waals surface area contributed by atoms with Gasteiger partial charge in [-0.25, -0.2) is 9.59 Å². The number of anilines is 1. The highest BCUT2D eigenvalue weighted by Gasteiger charge is 2.35. The number of rotatable bonds is 13. The lowest BCUT2D eigenvalue weighted by atomic mass is 9.81. The minimum Gasteiger partial charge on any atom is -0.480 e. The highest BCUT2D eigenvalue weighted by molar-refractivity contribution is 5.94. The number of hydrogen-bond donors (Lipinski definition) is 2. The number of morpholine rings is 1. The lowest BCUT2D eigenvalue weighted by Gasteiger charge is -2.35. The molecule has 1 fully saturated rings. The molecule has 4 aromatic rings. The van der Waals surface area contributed by atoms with Gasteiger partial charge in [0.05, 0.1) is 24.1 Å². The van der Waals surface area contributed by atoms with E-state index in [9.17, 15) is 27.9 Å². The average Bonchev–Trinajstić information content (AvgIpc) is 3.37. The first kappa shape index (κ1) is 37.7. The Morgan fingerprint density at radius 3 is 2.51 bits per heavy atom. The van der Waals surface area contributed by atoms with Gasteiger partial charge in [0.1, 0.15) is 19.2 Å². The van der Waals surface area contributed by atoms with Crippen LogP contribution in [0.3, 0.4) is 0 Å². The van der Waals surface area contributed by atoms with Crippen LogP contribution in [-0.4, -0.2) is 64.7 Å². The van der Waals surface area contributed by atoms with Crippen molar-refractivity contribution in [2.45, 2.75) is 91.3 Å². The number of carbonyl (C=O) groups is 2. The average molecular weight is 709 g/mol. The Balaban J connectivity index is 1.47. The van der Waals surface area contributed by atoms with Gasteiger partial charge in [-0.3, -0.25) is 4.98 Å². The predicted octanol–water partition coefficient (Wildman–Crippen LogP) is 8.34. The molecular formula is C39H47F3N4O5. The molecular weight excluding hydrogens is 661 g/mol. The van der Waals surface area contributed by atoms with Gasteiger partial charge < -0.3 is 29.4 Å². The van der Waals surface area contributed by atoms with Crippen LogP contribution >= 0.6 is 0 Å². The van der Waals surface area contributed by atoms with Gasteiger partial charge in [-0.1, -0.05) is 71.4 Å². The molecule has 1 aliphatic rings. The number of aromatic nitrogens is 2. The highest BCUT2D eigenvalue weighted by atomic mass is 19.4. The second kappa shape index (κ2) is 15.8. The molecule has 0 aliphatic carbocycles. The number of pyridine rings is 1. The van der Waals surface area contributed by atoms with E-state index in [-0.39, 0.29) is 24.4 Å². The molecule has 0 spiro atoms. The molecule has 3 heterocycles. The van der Waals surface area contributed by atoms with Gasteiger partial charge in [0.15, 0.2) is 0 Å². The largest absolute Gasteiger partial charge is 0.480 e. The summed E-state index contributed by atoms with van der Waals surface area (Å²) in [4.78, 5) is 31.3. The molecule has 12 heteroatoms. The summed E-state index contributed by atoms with van der Waals surface area (Å²) in [5.74, 6) is -1.23. The molecule has 0 unspecified atom stereocenters. The van der Waals surface area contributed by atoms with Crippen molar-refractivity contribution in [1.82, 2.24) is 14.9 Å². The standard InChI is InChI=1S/C39H47F3N4O5/c1-6-38(4,5)21-31-30-19-27(14-15-33(30)46(24-39(40,41)42)35(31)29-13-10-16-43-34(29)25(2)3)45-17-18-50-28(22-45)20-32(36(47)48)44-37(49)51-23-26-11-8-7-9-12-26/h7-16,19,25,28,32H,6,17-18,20-24H2,1-5H3,(H,44,49)(H,47,48)/t28-,32-/m0/s1. The first-order chi connectivity index (χ1) is 24.2. The molecule has 9 nitrogen and oxygen atoms in total. The van der Waals surface area contributed by atoms with E-state index in [2.05, 4.69) is 36.0 Å². The van der Waals surface area contributed by atoms with Gasteiger partial charge in [0.25, 0.3) is 0 Å². The van der Waals surface area contributed by atoms with Crippen LogP contribution in [0.25, 0.3) is 22.2 Å². The molecule has 2 atom stereocenters. The van der Waals surface area contributed by atoms with Gasteiger partial charge in [0.2, 0.25) is 0 Å². The van der Waals surface area contributed by atoms with E-state index >= 15 is 0 Å². The third-order valence-electron chi connectivity index (χ3n) is 9.55. The molecule has 2 aromatic heterocycles. The monoisotopic (exact) mass is 708 g/mol. The van der Waals surface area contributed by atoms with Crippen LogP contribution in [0.4, 0.5) is 23.7 Å². The van der Waals surface area contributed by atoms with Crippen molar-refractivity contribution in [2.75, 3.05) is 24.6 Å². The predicted molar refractivity (Wildman–Crippen MR) is 191 cm³/mol. The highest BCUT2D eigenvalue weighted by Crippen LogP contribution is 2.43. The van der Waals surface area contributed by atoms with Crippen molar-refractivity contribution in [3.05, 3.63) is 83.7 Å². The van der Waals surface area contributed by atoms with Gasteiger partial charge in [-0.2, -0.15) is 13.2 Å². The van der Waals surface area contributed by atoms with Crippen molar-refractivity contribution in [2.24, 2.45) is 5.41 Å². The van der Waals surface area contributed by atoms with Crippen LogP contribution in [-0.2, 0) is 33.8 Å². The van der Waals surface area contributed by atoms with Crippen molar-refractivity contribution in [1.29, 1.82) is 0 Å². The van der Waals surface area contributed by atoms with Crippen LogP contribution in [0.15, 0.2) is 66.9 Å². The molecule has 274 valence electrons. The zero-order valence-electron chi connectivity index (χ0n) is 29.8. The fourth-order valence-corrected chi connectivity index (χ4v) is 6.61. The first-order valence-corrected chi connectivity index (χ1v) is 17.4. The fraction of sp³-hybridized carbons (Fsp3) is 0.462. The Bertz CT molecular complexity index is 1820. The summed E-state index contributed by atoms with van der Waals surface area (Å²) < 4.78 is 55.4. The molecule has 2 aromatic carbocycles. The van der Waals surface area contributed by atoms with E-state index in [1.54, 1.807) is 30.5 Å². The molecule has 2 N–H and O–H groups in total. The number of alkyl halides is 3. The SMILES string of the molecule is CCC(C)(C)Cc1c(-c2cccnc2C(C)C)n(CC(F)(F)F)c2ccc(N3CCO[C@@H](C[C@H](NC(=O)OCc4ccccc4)C(=O)O)C3)cc12. The topological polar surface area (TPSA) is 106 Å². The molecule has 0 saturated carbocycles. The van der Waals surface area contributed by atoms with E-state index in [0.717, 1.165) is 34.3 Å². The third-order valence-corrected chi connectivity index (χ3v) is 9.55. The number of nitrogens with zero attached hydrogens (tertiary/aromatic N) is 3. The smallest absolute Gasteiger partial charge is 0.408 e. The molecule has 0 radical (unpaired) electrons. The summed E-state index contributed by atoms with van der Waals surface area (Å²) in [5, 5.41) is 13.1. The molecule has 1 aliphatic heterocycles. The van der Waals surface area contributed by atoms with Crippen LogP contribution in [0.2, 0.25) is 0 Å². The molecule has 1 saturated heterocycles. The number of alkyl carbamates (subject to hydrolysis) is 1. The third kappa shape index (κ3) is 9.40. The van der Waals surface area contributed by atoms with Crippen molar-refractivity contribution >= 4 is 28.7 Å². The van der Waals surface area contributed by atoms with E-state index in [0.29, 0.717) is 42.9 Å². The van der Waals surface area contributed by atoms with Crippen molar-refractivity contribution < 1.29 is 37.3 Å². The zero-order valence-corrected chi connectivity index (χ0v) is 29.8. The van der Waals surface area contributed by atoms with Crippen LogP contribution in [0.5, 0.6) is 0 Å². The summed E-state index contributed by atoms with van der Waals surface area (Å²) in [5.41, 5.74) is 4.65. The minimum absolute atomic E-state index is 0.00139. The maximum absolute atomic E-state index is 14.3. The molecule has 0 bridgehead atoms. The Kier molecular flexibility index (Phi) is 11.6. The number of carboxylic acids is 1. The lowest BCUT2D eigenvalue weighted by molar-refractivity contribution is -0.141. The van der Waals surface area contributed by atoms with Gasteiger partial charge in [0, 0.05) is 47.9 Å². The second-order valence-electron chi connectivity index (χ2n) is 14.3. The number of carbonyl (C=O) groups excluding carboxylic acids is 1. The number of hydrogen-bond acceptors (Lipinski definition) is 6. The Morgan fingerprint density at radius 2 is 1.84 bits per heavy atom. The van der Waals surface area contributed by atoms with E-state index in [1.807, 2.05) is 50.2 Å². The zero-order chi connectivity index (χ0) is 36.9. The van der Waals surface area contributed by atoms with Crippen molar-refractivity contribution in [3.63, 3.8) is 0 Å². The van der Waals surface area contributed by atoms with Crippen molar-refractivity contribution in [3.8, 4) is 11.3 Å². The number of fused-ring (bicyclic) bond motifs is 1. The molecule has 1 amide bonds. The van der Waals surface area contributed by atoms with E-state index < -0.39 is 36.9 Å². The Hall–Kier alpha value is -4.58. The van der Waals surface area contributed by atoms with Crippen LogP contribution in [0, 0.1) is 5.41 Å². The Morgan fingerprint density at radius 1 is 1.10 bits per heavy atom. The minimum atomic E-state index is -4.46. The Labute approximate surface area is 296 Å². The van der Waals surface area contributed by atoms with Gasteiger partial charge >= 0.3 is 18.2 Å². The van der Waals surface area contributed by atoms with E-state index in [1.165, 1.54) is 4.57 Å². The van der Waals surface area contributed by atoms with Gasteiger partial charge in [-0.05, 0) is 59.2 Å². The summed E-state index contributed by atoms with van der Waals surface area (Å²) >= 11 is 0. The number of nitrogens with one attached hydrogen (secondary N) is 1. The number of halogens is 3. The number of aliphatic carboxylic acids is 1. The van der Waals surface area contributed by atoms with E-state index in [4.69, 9.17) is 9.47 Å². The summed E-state index contributed by atoms with van der Waals surface area (Å²) in [7, 11) is 0. The number of ether oxygens (including phenoxy) is 2. The van der Waals surface area contributed by atoms with Gasteiger partial charge in [-0.15, -0.1) is 0 Å². The number of carboxylic acid groups (broad SMARTS) is 1. The first-order valence-electron chi connectivity index (χ1n) is 17.4. The lowest BCUT2D eigenvalue weighted by Crippen LogP contribution is -2.49. The summed E-state index contributed by atoms with van der Waals surface area (Å²) in [6.45, 7) is 10.3. The van der Waals surface area contributed by atoms with Crippen LogP contribution in [0.1, 0.15) is 70.2 Å². The summed E-state index contributed by atoms with van der Waals surface area (Å²) in [6, 6.07) is 17.0. The second-order valence-corrected chi connectivity index (χ2v) is 14.3.